The van der Waals surface area contributed by atoms with Gasteiger partial charge in [0.25, 0.3) is 0 Å². The van der Waals surface area contributed by atoms with E-state index in [-0.39, 0.29) is 30.0 Å². The maximum absolute atomic E-state index is 11.7. The van der Waals surface area contributed by atoms with Gasteiger partial charge < -0.3 is 20.3 Å². The van der Waals surface area contributed by atoms with Gasteiger partial charge in [-0.1, -0.05) is 29.8 Å². The smallest absolute Gasteiger partial charge is 0.222 e. The summed E-state index contributed by atoms with van der Waals surface area (Å²) in [4.78, 5) is 21.1. The van der Waals surface area contributed by atoms with Gasteiger partial charge in [0.1, 0.15) is 0 Å². The third-order valence-corrected chi connectivity index (χ3v) is 5.75. The number of carbonyl (C=O) groups is 1. The van der Waals surface area contributed by atoms with Crippen molar-refractivity contribution in [2.75, 3.05) is 59.0 Å². The highest BCUT2D eigenvalue weighted by molar-refractivity contribution is 14.0. The van der Waals surface area contributed by atoms with Crippen LogP contribution in [0.4, 0.5) is 0 Å². The third-order valence-electron chi connectivity index (χ3n) is 5.75. The van der Waals surface area contributed by atoms with Crippen LogP contribution in [0, 0.1) is 6.92 Å². The lowest BCUT2D eigenvalue weighted by molar-refractivity contribution is -0.127. The van der Waals surface area contributed by atoms with Crippen molar-refractivity contribution in [3.05, 3.63) is 35.4 Å². The predicted molar refractivity (Wildman–Crippen MR) is 136 cm³/mol. The van der Waals surface area contributed by atoms with Gasteiger partial charge in [-0.15, -0.1) is 24.0 Å². The molecule has 0 spiro atoms. The number of carbonyl (C=O) groups excluding carboxylic acids is 1. The van der Waals surface area contributed by atoms with Crippen molar-refractivity contribution in [1.82, 2.24) is 20.4 Å². The summed E-state index contributed by atoms with van der Waals surface area (Å²) in [6, 6.07) is 8.98. The number of hydrogen-bond acceptors (Lipinski definition) is 4. The summed E-state index contributed by atoms with van der Waals surface area (Å²) in [5.74, 6) is 1.14. The van der Waals surface area contributed by atoms with Crippen molar-refractivity contribution in [2.45, 2.75) is 39.2 Å². The van der Waals surface area contributed by atoms with E-state index in [4.69, 9.17) is 9.73 Å². The standard InChI is InChI=1S/C23H37N5O2.HI/c1-3-24-23(25-10-6-12-28-11-5-9-22(28)29)26-18-21(27-13-15-30-16-14-27)20-8-4-7-19(2)17-20;/h4,7-8,17,21H,3,5-6,9-16,18H2,1-2H3,(H2,24,25,26);1H. The van der Waals surface area contributed by atoms with Crippen LogP contribution < -0.4 is 10.6 Å². The summed E-state index contributed by atoms with van der Waals surface area (Å²) in [6.45, 7) is 11.7. The highest BCUT2D eigenvalue weighted by Crippen LogP contribution is 2.23. The van der Waals surface area contributed by atoms with Gasteiger partial charge in [0.15, 0.2) is 5.96 Å². The first-order valence-corrected chi connectivity index (χ1v) is 11.4. The summed E-state index contributed by atoms with van der Waals surface area (Å²) in [7, 11) is 0. The average molecular weight is 543 g/mol. The molecule has 0 aliphatic carbocycles. The molecule has 7 nitrogen and oxygen atoms in total. The summed E-state index contributed by atoms with van der Waals surface area (Å²) < 4.78 is 5.56. The number of guanidine groups is 1. The van der Waals surface area contributed by atoms with E-state index in [0.717, 1.165) is 71.3 Å². The molecule has 2 heterocycles. The molecule has 2 aliphatic heterocycles. The third kappa shape index (κ3) is 8.23. The Bertz CT molecular complexity index is 709. The van der Waals surface area contributed by atoms with E-state index >= 15 is 0 Å². The number of benzene rings is 1. The van der Waals surface area contributed by atoms with Crippen molar-refractivity contribution in [3.8, 4) is 0 Å². The second-order valence-electron chi connectivity index (χ2n) is 8.06. The van der Waals surface area contributed by atoms with Crippen molar-refractivity contribution >= 4 is 35.8 Å². The molecule has 2 saturated heterocycles. The molecule has 1 unspecified atom stereocenters. The minimum atomic E-state index is 0. The van der Waals surface area contributed by atoms with Gasteiger partial charge in [-0.3, -0.25) is 14.7 Å². The first-order chi connectivity index (χ1) is 14.7. The molecule has 0 bridgehead atoms. The highest BCUT2D eigenvalue weighted by atomic mass is 127. The Morgan fingerprint density at radius 3 is 2.71 bits per heavy atom. The predicted octanol–water partition coefficient (Wildman–Crippen LogP) is 2.55. The van der Waals surface area contributed by atoms with Crippen LogP contribution in [0.5, 0.6) is 0 Å². The Morgan fingerprint density at radius 1 is 1.23 bits per heavy atom. The number of rotatable bonds is 9. The van der Waals surface area contributed by atoms with Crippen LogP contribution in [0.15, 0.2) is 29.3 Å². The molecule has 0 radical (unpaired) electrons. The van der Waals surface area contributed by atoms with Gasteiger partial charge in [0.05, 0.1) is 25.8 Å². The van der Waals surface area contributed by atoms with Crippen molar-refractivity contribution in [3.63, 3.8) is 0 Å². The number of nitrogens with one attached hydrogen (secondary N) is 2. The fourth-order valence-corrected chi connectivity index (χ4v) is 4.13. The Kier molecular flexibility index (Phi) is 11.6. The van der Waals surface area contributed by atoms with Crippen LogP contribution in [0.2, 0.25) is 0 Å². The lowest BCUT2D eigenvalue weighted by Gasteiger charge is -2.34. The minimum Gasteiger partial charge on any atom is -0.379 e. The number of aryl methyl sites for hydroxylation is 1. The SMILES string of the molecule is CCNC(=NCC(c1cccc(C)c1)N1CCOCC1)NCCCN1CCCC1=O.I. The number of amides is 1. The summed E-state index contributed by atoms with van der Waals surface area (Å²) >= 11 is 0. The summed E-state index contributed by atoms with van der Waals surface area (Å²) in [5.41, 5.74) is 2.58. The molecule has 2 N–H and O–H groups in total. The Labute approximate surface area is 204 Å². The molecule has 2 fully saturated rings. The van der Waals surface area contributed by atoms with E-state index in [1.807, 2.05) is 4.90 Å². The minimum absolute atomic E-state index is 0. The van der Waals surface area contributed by atoms with Gasteiger partial charge in [0, 0.05) is 45.7 Å². The van der Waals surface area contributed by atoms with Crippen LogP contribution >= 0.6 is 24.0 Å². The second-order valence-corrected chi connectivity index (χ2v) is 8.06. The number of halogens is 1. The van der Waals surface area contributed by atoms with Crippen molar-refractivity contribution in [2.24, 2.45) is 4.99 Å². The molecule has 174 valence electrons. The maximum atomic E-state index is 11.7. The molecule has 0 aromatic heterocycles. The summed E-state index contributed by atoms with van der Waals surface area (Å²) in [5, 5.41) is 6.79. The normalized spacial score (nSPS) is 18.6. The second kappa shape index (κ2) is 13.9. The zero-order valence-electron chi connectivity index (χ0n) is 18.9. The number of nitrogens with zero attached hydrogens (tertiary/aromatic N) is 3. The fourth-order valence-electron chi connectivity index (χ4n) is 4.13. The number of aliphatic imine (C=N–C) groups is 1. The number of hydrogen-bond donors (Lipinski definition) is 2. The molecule has 0 saturated carbocycles. The Balaban J connectivity index is 0.00000341. The Morgan fingerprint density at radius 2 is 2.03 bits per heavy atom. The molecule has 31 heavy (non-hydrogen) atoms. The largest absolute Gasteiger partial charge is 0.379 e. The van der Waals surface area contributed by atoms with E-state index in [9.17, 15) is 4.79 Å². The van der Waals surface area contributed by atoms with Crippen LogP contribution in [0.1, 0.15) is 43.4 Å². The Hall–Kier alpha value is -1.39. The first kappa shape index (κ1) is 25.9. The molecule has 8 heteroatoms. The first-order valence-electron chi connectivity index (χ1n) is 11.4. The van der Waals surface area contributed by atoms with E-state index in [1.165, 1.54) is 11.1 Å². The molecular weight excluding hydrogens is 505 g/mol. The van der Waals surface area contributed by atoms with Gasteiger partial charge in [-0.2, -0.15) is 0 Å². The number of ether oxygens (including phenoxy) is 1. The van der Waals surface area contributed by atoms with E-state index in [1.54, 1.807) is 0 Å². The molecule has 1 aromatic carbocycles. The van der Waals surface area contributed by atoms with Gasteiger partial charge in [-0.05, 0) is 32.3 Å². The number of morpholine rings is 1. The van der Waals surface area contributed by atoms with Crippen LogP contribution in [-0.4, -0.2) is 80.7 Å². The lowest BCUT2D eigenvalue weighted by Crippen LogP contribution is -2.42. The molecule has 1 aromatic rings. The summed E-state index contributed by atoms with van der Waals surface area (Å²) in [6.07, 6.45) is 2.64. The van der Waals surface area contributed by atoms with Crippen LogP contribution in [0.25, 0.3) is 0 Å². The van der Waals surface area contributed by atoms with Crippen LogP contribution in [0.3, 0.4) is 0 Å². The average Bonchev–Trinajstić information content (AvgIpc) is 3.17. The van der Waals surface area contributed by atoms with Gasteiger partial charge in [0.2, 0.25) is 5.91 Å². The maximum Gasteiger partial charge on any atom is 0.222 e. The monoisotopic (exact) mass is 543 g/mol. The van der Waals surface area contributed by atoms with Gasteiger partial charge >= 0.3 is 0 Å². The van der Waals surface area contributed by atoms with E-state index in [2.05, 4.69) is 53.6 Å². The fraction of sp³-hybridized carbons (Fsp3) is 0.652. The van der Waals surface area contributed by atoms with Gasteiger partial charge in [-0.25, -0.2) is 0 Å². The van der Waals surface area contributed by atoms with E-state index < -0.39 is 0 Å². The van der Waals surface area contributed by atoms with Crippen molar-refractivity contribution in [1.29, 1.82) is 0 Å². The quantitative estimate of drug-likeness (QED) is 0.217. The topological polar surface area (TPSA) is 69.2 Å². The van der Waals surface area contributed by atoms with Crippen molar-refractivity contribution < 1.29 is 9.53 Å². The molecular formula is C23H38IN5O2. The molecule has 2 aliphatic rings. The highest BCUT2D eigenvalue weighted by Gasteiger charge is 2.23. The molecule has 1 amide bonds. The zero-order chi connectivity index (χ0) is 21.2. The lowest BCUT2D eigenvalue weighted by atomic mass is 10.0. The number of likely N-dealkylation sites (tertiary alicyclic amines) is 1. The zero-order valence-corrected chi connectivity index (χ0v) is 21.3. The molecule has 1 atom stereocenters. The molecule has 3 rings (SSSR count). The van der Waals surface area contributed by atoms with E-state index in [0.29, 0.717) is 18.9 Å². The van der Waals surface area contributed by atoms with Crippen LogP contribution in [-0.2, 0) is 9.53 Å².